The van der Waals surface area contributed by atoms with Crippen LogP contribution in [-0.4, -0.2) is 17.7 Å². The lowest BCUT2D eigenvalue weighted by Gasteiger charge is -2.35. The van der Waals surface area contributed by atoms with Crippen molar-refractivity contribution in [1.29, 1.82) is 0 Å². The van der Waals surface area contributed by atoms with E-state index < -0.39 is 0 Å². The van der Waals surface area contributed by atoms with Crippen LogP contribution in [0.25, 0.3) is 0 Å². The van der Waals surface area contributed by atoms with Crippen LogP contribution in [0.15, 0.2) is 59.9 Å². The normalized spacial score (nSPS) is 14.6. The van der Waals surface area contributed by atoms with Gasteiger partial charge in [0.2, 0.25) is 0 Å². The molecule has 1 aromatic heterocycles. The maximum atomic E-state index is 4.63. The third-order valence-electron chi connectivity index (χ3n) is 6.48. The number of aromatic nitrogens is 1. The van der Waals surface area contributed by atoms with Gasteiger partial charge in [-0.1, -0.05) is 52.3 Å². The molecule has 0 saturated heterocycles. The topological polar surface area (TPSA) is 37.3 Å². The van der Waals surface area contributed by atoms with Crippen LogP contribution in [0, 0.1) is 5.41 Å². The number of benzene rings is 1. The lowest BCUT2D eigenvalue weighted by atomic mass is 9.74. The minimum Gasteiger partial charge on any atom is -0.359 e. The van der Waals surface area contributed by atoms with E-state index in [4.69, 9.17) is 0 Å². The Bertz CT molecular complexity index is 886. The van der Waals surface area contributed by atoms with Gasteiger partial charge in [-0.2, -0.15) is 0 Å². The van der Waals surface area contributed by atoms with Gasteiger partial charge in [0.15, 0.2) is 0 Å². The van der Waals surface area contributed by atoms with Gasteiger partial charge < -0.3 is 5.32 Å². The molecular weight excluding hydrogens is 366 g/mol. The predicted molar refractivity (Wildman–Crippen MR) is 130 cm³/mol. The molecule has 1 fully saturated rings. The molecule has 160 valence electrons. The lowest BCUT2D eigenvalue weighted by molar-refractivity contribution is 0.285. The summed E-state index contributed by atoms with van der Waals surface area (Å²) in [6.45, 7) is 11.3. The minimum absolute atomic E-state index is 0.158. The molecule has 1 N–H and O–H groups in total. The second-order valence-corrected chi connectivity index (χ2v) is 8.63. The van der Waals surface area contributed by atoms with E-state index in [2.05, 4.69) is 79.0 Å². The number of nitrogens with one attached hydrogen (secondary N) is 1. The van der Waals surface area contributed by atoms with Gasteiger partial charge in [-0.05, 0) is 56.4 Å². The maximum Gasteiger partial charge on any atom is 0.0717 e. The number of nitrogens with zero attached hydrogens (tertiary/aromatic N) is 2. The molecule has 1 aliphatic carbocycles. The van der Waals surface area contributed by atoms with Crippen LogP contribution in [0.3, 0.4) is 0 Å². The van der Waals surface area contributed by atoms with Crippen molar-refractivity contribution in [1.82, 2.24) is 4.98 Å². The third kappa shape index (κ3) is 5.00. The van der Waals surface area contributed by atoms with Gasteiger partial charge >= 0.3 is 0 Å². The van der Waals surface area contributed by atoms with Crippen LogP contribution in [0.4, 0.5) is 5.69 Å². The summed E-state index contributed by atoms with van der Waals surface area (Å²) in [5, 5.41) is 3.65. The molecule has 3 heteroatoms. The Morgan fingerprint density at radius 1 is 1.10 bits per heavy atom. The monoisotopic (exact) mass is 403 g/mol. The Balaban J connectivity index is 1.84. The number of hydrogen-bond acceptors (Lipinski definition) is 3. The number of allylic oxidation sites excluding steroid dienone is 1. The summed E-state index contributed by atoms with van der Waals surface area (Å²) in [4.78, 5) is 9.19. The first-order valence-electron chi connectivity index (χ1n) is 11.6. The highest BCUT2D eigenvalue weighted by Gasteiger charge is 2.30. The van der Waals surface area contributed by atoms with E-state index in [1.54, 1.807) is 0 Å². The van der Waals surface area contributed by atoms with Crippen molar-refractivity contribution in [2.24, 2.45) is 10.4 Å². The standard InChI is InChI=1S/C27H37N3/c1-6-15-27(8-3,16-7-2)20(4)30-24-11-9-10-22(18-24)26(28-5)23-14-17-29-25(19-23)21-12-13-21/h9-11,14,17-19,21,30H,4,6-8,12-13,15-16H2,1-3,5H3. The van der Waals surface area contributed by atoms with Crippen molar-refractivity contribution in [3.63, 3.8) is 0 Å². The van der Waals surface area contributed by atoms with Crippen LogP contribution in [0.1, 0.15) is 88.5 Å². The smallest absolute Gasteiger partial charge is 0.0717 e. The second kappa shape index (κ2) is 10.1. The maximum absolute atomic E-state index is 4.63. The van der Waals surface area contributed by atoms with Crippen molar-refractivity contribution >= 4 is 11.4 Å². The van der Waals surface area contributed by atoms with Gasteiger partial charge in [0, 0.05) is 52.8 Å². The Labute approximate surface area is 182 Å². The van der Waals surface area contributed by atoms with Crippen molar-refractivity contribution in [3.05, 3.63) is 71.7 Å². The molecule has 30 heavy (non-hydrogen) atoms. The Hall–Kier alpha value is -2.42. The zero-order chi connectivity index (χ0) is 21.6. The summed E-state index contributed by atoms with van der Waals surface area (Å²) in [5.74, 6) is 0.638. The first-order chi connectivity index (χ1) is 14.6. The minimum atomic E-state index is 0.158. The van der Waals surface area contributed by atoms with Crippen LogP contribution in [0.2, 0.25) is 0 Å². The predicted octanol–water partition coefficient (Wildman–Crippen LogP) is 7.35. The average Bonchev–Trinajstić information content (AvgIpc) is 3.60. The van der Waals surface area contributed by atoms with E-state index >= 15 is 0 Å². The molecule has 0 amide bonds. The van der Waals surface area contributed by atoms with Crippen molar-refractivity contribution < 1.29 is 0 Å². The summed E-state index contributed by atoms with van der Waals surface area (Å²) >= 11 is 0. The van der Waals surface area contributed by atoms with Crippen LogP contribution in [0.5, 0.6) is 0 Å². The zero-order valence-corrected chi connectivity index (χ0v) is 19.2. The highest BCUT2D eigenvalue weighted by Crippen LogP contribution is 2.41. The largest absolute Gasteiger partial charge is 0.359 e. The highest BCUT2D eigenvalue weighted by molar-refractivity contribution is 6.13. The Morgan fingerprint density at radius 2 is 1.80 bits per heavy atom. The summed E-state index contributed by atoms with van der Waals surface area (Å²) in [6.07, 6.45) is 10.2. The molecule has 1 aliphatic rings. The van der Waals surface area contributed by atoms with E-state index in [1.165, 1.54) is 44.2 Å². The van der Waals surface area contributed by atoms with Gasteiger partial charge in [0.1, 0.15) is 0 Å². The SMILES string of the molecule is C=C(Nc1cccc(C(=NC)c2ccnc(C3CC3)c2)c1)C(CC)(CCC)CCC. The van der Waals surface area contributed by atoms with Crippen LogP contribution < -0.4 is 5.32 Å². The molecule has 3 rings (SSSR count). The molecule has 1 heterocycles. The second-order valence-electron chi connectivity index (χ2n) is 8.63. The van der Waals surface area contributed by atoms with Gasteiger partial charge in [0.05, 0.1) is 5.71 Å². The zero-order valence-electron chi connectivity index (χ0n) is 19.2. The van der Waals surface area contributed by atoms with E-state index in [9.17, 15) is 0 Å². The van der Waals surface area contributed by atoms with Crippen LogP contribution >= 0.6 is 0 Å². The Morgan fingerprint density at radius 3 is 2.40 bits per heavy atom. The third-order valence-corrected chi connectivity index (χ3v) is 6.48. The number of rotatable bonds is 11. The first-order valence-corrected chi connectivity index (χ1v) is 11.6. The molecule has 1 saturated carbocycles. The summed E-state index contributed by atoms with van der Waals surface area (Å²) in [6, 6.07) is 12.8. The number of hydrogen-bond donors (Lipinski definition) is 1. The summed E-state index contributed by atoms with van der Waals surface area (Å²) in [5.41, 5.74) is 6.86. The number of pyridine rings is 1. The summed E-state index contributed by atoms with van der Waals surface area (Å²) in [7, 11) is 1.87. The van der Waals surface area contributed by atoms with Crippen molar-refractivity contribution in [2.75, 3.05) is 12.4 Å². The van der Waals surface area contributed by atoms with E-state index in [0.29, 0.717) is 5.92 Å². The van der Waals surface area contributed by atoms with Gasteiger partial charge in [-0.25, -0.2) is 0 Å². The van der Waals surface area contributed by atoms with Gasteiger partial charge in [-0.15, -0.1) is 0 Å². The van der Waals surface area contributed by atoms with Crippen molar-refractivity contribution in [2.45, 2.75) is 71.6 Å². The molecule has 0 aliphatic heterocycles. The fourth-order valence-corrected chi connectivity index (χ4v) is 4.62. The lowest BCUT2D eigenvalue weighted by Crippen LogP contribution is -2.26. The average molecular weight is 404 g/mol. The number of aliphatic imine (C=N–C) groups is 1. The van der Waals surface area contributed by atoms with Gasteiger partial charge in [-0.3, -0.25) is 9.98 Å². The van der Waals surface area contributed by atoms with E-state index in [0.717, 1.165) is 34.6 Å². The summed E-state index contributed by atoms with van der Waals surface area (Å²) < 4.78 is 0. The van der Waals surface area contributed by atoms with Crippen LogP contribution in [-0.2, 0) is 0 Å². The molecule has 0 spiro atoms. The van der Waals surface area contributed by atoms with E-state index in [1.807, 2.05) is 13.2 Å². The van der Waals surface area contributed by atoms with E-state index in [-0.39, 0.29) is 5.41 Å². The Kier molecular flexibility index (Phi) is 7.47. The number of anilines is 1. The molecule has 1 aromatic carbocycles. The highest BCUT2D eigenvalue weighted by atomic mass is 14.9. The van der Waals surface area contributed by atoms with Gasteiger partial charge in [0.25, 0.3) is 0 Å². The molecule has 0 atom stereocenters. The molecule has 3 nitrogen and oxygen atoms in total. The molecule has 2 aromatic rings. The molecule has 0 unspecified atom stereocenters. The quantitative estimate of drug-likeness (QED) is 0.398. The van der Waals surface area contributed by atoms with Crippen molar-refractivity contribution in [3.8, 4) is 0 Å². The fourth-order valence-electron chi connectivity index (χ4n) is 4.62. The molecule has 0 bridgehead atoms. The molecular formula is C27H37N3. The molecule has 0 radical (unpaired) electrons. The first kappa shape index (κ1) is 22.3. The fraction of sp³-hybridized carbons (Fsp3) is 0.481.